The van der Waals surface area contributed by atoms with Gasteiger partial charge in [0, 0.05) is 24.8 Å². The molecule has 7 heteroatoms. The van der Waals surface area contributed by atoms with E-state index in [4.69, 9.17) is 5.26 Å². The van der Waals surface area contributed by atoms with Gasteiger partial charge in [0.1, 0.15) is 0 Å². The maximum atomic E-state index is 12.7. The summed E-state index contributed by atoms with van der Waals surface area (Å²) >= 11 is 1.67. The molecule has 1 unspecified atom stereocenters. The maximum Gasteiger partial charge on any atom is 0.322 e. The van der Waals surface area contributed by atoms with Crippen molar-refractivity contribution in [1.29, 1.82) is 5.26 Å². The summed E-state index contributed by atoms with van der Waals surface area (Å²) in [5, 5.41) is 12.2. The summed E-state index contributed by atoms with van der Waals surface area (Å²) in [6.45, 7) is 4.81. The van der Waals surface area contributed by atoms with Crippen LogP contribution in [-0.4, -0.2) is 41.1 Å². The van der Waals surface area contributed by atoms with Crippen molar-refractivity contribution in [1.82, 2.24) is 15.2 Å². The Kier molecular flexibility index (Phi) is 4.69. The zero-order valence-electron chi connectivity index (χ0n) is 16.8. The number of piperidine rings is 1. The molecule has 30 heavy (non-hydrogen) atoms. The normalized spacial score (nSPS) is 19.7. The molecule has 3 heterocycles. The number of hydrogen-bond acceptors (Lipinski definition) is 5. The molecule has 5 rings (SSSR count). The van der Waals surface area contributed by atoms with Gasteiger partial charge in [-0.15, -0.1) is 11.3 Å². The van der Waals surface area contributed by atoms with E-state index in [1.165, 1.54) is 10.3 Å². The monoisotopic (exact) mass is 417 g/mol. The molecule has 1 N–H and O–H groups in total. The molecule has 0 saturated carbocycles. The van der Waals surface area contributed by atoms with Crippen LogP contribution in [0.1, 0.15) is 36.9 Å². The van der Waals surface area contributed by atoms with Crippen molar-refractivity contribution in [3.8, 4) is 6.07 Å². The van der Waals surface area contributed by atoms with Crippen LogP contribution < -0.4 is 10.2 Å². The summed E-state index contributed by atoms with van der Waals surface area (Å²) in [6, 6.07) is 16.2. The zero-order chi connectivity index (χ0) is 20.7. The highest BCUT2D eigenvalue weighted by Crippen LogP contribution is 2.34. The van der Waals surface area contributed by atoms with E-state index >= 15 is 0 Å². The van der Waals surface area contributed by atoms with Gasteiger partial charge in [0.15, 0.2) is 0 Å². The molecular weight excluding hydrogens is 394 g/mol. The second kappa shape index (κ2) is 7.38. The fourth-order valence-electron chi connectivity index (χ4n) is 4.60. The van der Waals surface area contributed by atoms with Gasteiger partial charge in [-0.2, -0.15) is 5.26 Å². The van der Waals surface area contributed by atoms with Gasteiger partial charge in [-0.3, -0.25) is 9.80 Å². The molecule has 2 aromatic carbocycles. The largest absolute Gasteiger partial charge is 0.330 e. The molecule has 1 aromatic heterocycles. The first kappa shape index (κ1) is 19.0. The summed E-state index contributed by atoms with van der Waals surface area (Å²) < 4.78 is 1.22. The molecule has 0 radical (unpaired) electrons. The van der Waals surface area contributed by atoms with Crippen molar-refractivity contribution in [2.45, 2.75) is 31.3 Å². The number of likely N-dealkylation sites (tertiary alicyclic amines) is 1. The zero-order valence-corrected chi connectivity index (χ0v) is 17.7. The molecule has 2 aliphatic heterocycles. The van der Waals surface area contributed by atoms with E-state index in [1.807, 2.05) is 17.6 Å². The highest BCUT2D eigenvalue weighted by atomic mass is 32.1. The van der Waals surface area contributed by atoms with Crippen molar-refractivity contribution in [3.63, 3.8) is 0 Å². The lowest BCUT2D eigenvalue weighted by atomic mass is 9.87. The van der Waals surface area contributed by atoms with E-state index in [0.29, 0.717) is 18.2 Å². The Morgan fingerprint density at radius 3 is 2.70 bits per heavy atom. The standard InChI is InChI=1S/C23H23N5OS/c1-16(18-4-7-21-20(12-18)25-15-30-21)27-10-8-23(9-11-27)14-28(22(29)26-23)19-5-2-17(13-24)3-6-19/h2-7,12,15-16H,8-11,14H2,1H3,(H,26,29). The Balaban J connectivity index is 1.26. The Morgan fingerprint density at radius 2 is 1.97 bits per heavy atom. The molecule has 2 fully saturated rings. The number of thiazole rings is 1. The summed E-state index contributed by atoms with van der Waals surface area (Å²) in [5.74, 6) is 0. The smallest absolute Gasteiger partial charge is 0.322 e. The topological polar surface area (TPSA) is 72.3 Å². The van der Waals surface area contributed by atoms with Crippen molar-refractivity contribution < 1.29 is 4.79 Å². The minimum absolute atomic E-state index is 0.0461. The van der Waals surface area contributed by atoms with E-state index in [2.05, 4.69) is 46.4 Å². The van der Waals surface area contributed by atoms with Crippen molar-refractivity contribution in [3.05, 3.63) is 59.1 Å². The minimum atomic E-state index is -0.180. The third-order valence-electron chi connectivity index (χ3n) is 6.53. The van der Waals surface area contributed by atoms with Gasteiger partial charge in [0.2, 0.25) is 0 Å². The van der Waals surface area contributed by atoms with E-state index in [1.54, 1.807) is 28.4 Å². The number of carbonyl (C=O) groups excluding carboxylic acids is 1. The first-order valence-corrected chi connectivity index (χ1v) is 11.1. The van der Waals surface area contributed by atoms with E-state index in [9.17, 15) is 4.79 Å². The lowest BCUT2D eigenvalue weighted by Crippen LogP contribution is -2.52. The first-order valence-electron chi connectivity index (χ1n) is 10.2. The first-order chi connectivity index (χ1) is 14.6. The Morgan fingerprint density at radius 1 is 1.20 bits per heavy atom. The molecule has 1 atom stereocenters. The lowest BCUT2D eigenvalue weighted by Gasteiger charge is -2.41. The SMILES string of the molecule is CC(c1ccc2scnc2c1)N1CCC2(CC1)CN(c1ccc(C#N)cc1)C(=O)N2. The molecular formula is C23H23N5OS. The number of amides is 2. The van der Waals surface area contributed by atoms with E-state index in [-0.39, 0.29) is 11.6 Å². The predicted molar refractivity (Wildman–Crippen MR) is 119 cm³/mol. The van der Waals surface area contributed by atoms with Gasteiger partial charge in [-0.05, 0) is 61.7 Å². The fourth-order valence-corrected chi connectivity index (χ4v) is 5.26. The van der Waals surface area contributed by atoms with Crippen molar-refractivity contribution >= 4 is 33.3 Å². The Bertz CT molecular complexity index is 1120. The summed E-state index contributed by atoms with van der Waals surface area (Å²) in [6.07, 6.45) is 1.85. The number of nitrogens with one attached hydrogen (secondary N) is 1. The van der Waals surface area contributed by atoms with Crippen LogP contribution in [0.2, 0.25) is 0 Å². The van der Waals surface area contributed by atoms with Crippen LogP contribution in [0.15, 0.2) is 48.0 Å². The number of benzene rings is 2. The van der Waals surface area contributed by atoms with Crippen LogP contribution >= 0.6 is 11.3 Å². The molecule has 152 valence electrons. The van der Waals surface area contributed by atoms with Gasteiger partial charge < -0.3 is 5.32 Å². The highest BCUT2D eigenvalue weighted by Gasteiger charge is 2.45. The fraction of sp³-hybridized carbons (Fsp3) is 0.348. The number of fused-ring (bicyclic) bond motifs is 1. The van der Waals surface area contributed by atoms with Crippen molar-refractivity contribution in [2.24, 2.45) is 0 Å². The molecule has 0 bridgehead atoms. The van der Waals surface area contributed by atoms with Crippen LogP contribution in [0, 0.1) is 11.3 Å². The summed E-state index contributed by atoms with van der Waals surface area (Å²) in [5.41, 5.74) is 5.52. The van der Waals surface area contributed by atoms with Gasteiger partial charge >= 0.3 is 6.03 Å². The van der Waals surface area contributed by atoms with Crippen LogP contribution in [0.4, 0.5) is 10.5 Å². The lowest BCUT2D eigenvalue weighted by molar-refractivity contribution is 0.121. The molecule has 1 spiro atoms. The van der Waals surface area contributed by atoms with E-state index < -0.39 is 0 Å². The second-order valence-electron chi connectivity index (χ2n) is 8.25. The van der Waals surface area contributed by atoms with Crippen LogP contribution in [-0.2, 0) is 0 Å². The molecule has 6 nitrogen and oxygen atoms in total. The minimum Gasteiger partial charge on any atom is -0.330 e. The van der Waals surface area contributed by atoms with Crippen LogP contribution in [0.5, 0.6) is 0 Å². The number of nitriles is 1. The highest BCUT2D eigenvalue weighted by molar-refractivity contribution is 7.16. The van der Waals surface area contributed by atoms with Gasteiger partial charge in [0.25, 0.3) is 0 Å². The van der Waals surface area contributed by atoms with Crippen LogP contribution in [0.25, 0.3) is 10.2 Å². The Hall–Kier alpha value is -2.95. The number of hydrogen-bond donors (Lipinski definition) is 1. The van der Waals surface area contributed by atoms with Gasteiger partial charge in [-0.1, -0.05) is 6.07 Å². The quantitative estimate of drug-likeness (QED) is 0.690. The van der Waals surface area contributed by atoms with Crippen molar-refractivity contribution in [2.75, 3.05) is 24.5 Å². The molecule has 2 saturated heterocycles. The number of carbonyl (C=O) groups is 1. The van der Waals surface area contributed by atoms with E-state index in [0.717, 1.165) is 37.1 Å². The molecule has 2 aliphatic rings. The average molecular weight is 418 g/mol. The van der Waals surface area contributed by atoms with Crippen LogP contribution in [0.3, 0.4) is 0 Å². The van der Waals surface area contributed by atoms with Gasteiger partial charge in [0.05, 0.1) is 39.4 Å². The average Bonchev–Trinajstić information content (AvgIpc) is 3.37. The molecule has 2 amide bonds. The summed E-state index contributed by atoms with van der Waals surface area (Å²) in [7, 11) is 0. The number of rotatable bonds is 3. The van der Waals surface area contributed by atoms with Gasteiger partial charge in [-0.25, -0.2) is 9.78 Å². The third-order valence-corrected chi connectivity index (χ3v) is 7.34. The Labute approximate surface area is 179 Å². The molecule has 0 aliphatic carbocycles. The summed E-state index contributed by atoms with van der Waals surface area (Å²) in [4.78, 5) is 21.4. The third kappa shape index (κ3) is 3.32. The number of nitrogens with zero attached hydrogens (tertiary/aromatic N) is 4. The maximum absolute atomic E-state index is 12.7. The number of urea groups is 1. The molecule has 3 aromatic rings. The predicted octanol–water partition coefficient (Wildman–Crippen LogP) is 4.29. The second-order valence-corrected chi connectivity index (χ2v) is 9.13. The number of aromatic nitrogens is 1. The number of anilines is 1.